The molecule has 0 spiro atoms. The number of benzene rings is 2. The molecule has 1 saturated heterocycles. The first-order valence-electron chi connectivity index (χ1n) is 11.5. The molecule has 0 radical (unpaired) electrons. The Balaban J connectivity index is 1.70. The van der Waals surface area contributed by atoms with E-state index < -0.39 is 17.5 Å². The quantitative estimate of drug-likeness (QED) is 0.302. The van der Waals surface area contributed by atoms with Crippen LogP contribution in [0, 0.1) is 11.2 Å². The number of anilines is 1. The number of aromatic hydroxyl groups is 1. The fraction of sp³-hybridized carbons (Fsp3) is 0.346. The Labute approximate surface area is 205 Å². The summed E-state index contributed by atoms with van der Waals surface area (Å²) in [6.07, 6.45) is 5.37. The van der Waals surface area contributed by atoms with Crippen LogP contribution in [0.5, 0.6) is 5.75 Å². The van der Waals surface area contributed by atoms with Crippen molar-refractivity contribution in [2.24, 2.45) is 10.7 Å². The van der Waals surface area contributed by atoms with E-state index >= 15 is 0 Å². The van der Waals surface area contributed by atoms with Gasteiger partial charge in [0.05, 0.1) is 24.7 Å². The third kappa shape index (κ3) is 7.05. The van der Waals surface area contributed by atoms with E-state index in [-0.39, 0.29) is 24.8 Å². The summed E-state index contributed by atoms with van der Waals surface area (Å²) >= 11 is 0. The van der Waals surface area contributed by atoms with Gasteiger partial charge in [0.1, 0.15) is 12.4 Å². The molecule has 0 atom stereocenters. The van der Waals surface area contributed by atoms with Crippen LogP contribution in [0.25, 0.3) is 6.08 Å². The molecule has 35 heavy (non-hydrogen) atoms. The van der Waals surface area contributed by atoms with Crippen LogP contribution < -0.4 is 10.6 Å². The predicted octanol–water partition coefficient (Wildman–Crippen LogP) is 3.39. The minimum Gasteiger partial charge on any atom is -0.505 e. The summed E-state index contributed by atoms with van der Waals surface area (Å²) in [5, 5.41) is 17.5. The largest absolute Gasteiger partial charge is 0.505 e. The zero-order valence-electron chi connectivity index (χ0n) is 20.1. The Morgan fingerprint density at radius 1 is 1.31 bits per heavy atom. The number of rotatable bonds is 8. The van der Waals surface area contributed by atoms with Crippen LogP contribution in [0.4, 0.5) is 10.1 Å². The number of carbonyl (C=O) groups is 1. The average molecular weight is 482 g/mol. The van der Waals surface area contributed by atoms with Gasteiger partial charge in [-0.1, -0.05) is 36.4 Å². The summed E-state index contributed by atoms with van der Waals surface area (Å²) in [5.74, 6) is -0.746. The number of likely N-dealkylation sites (tertiary alicyclic amines) is 1. The number of phenolic OH excluding ortho intramolecular Hbond substituents is 1. The van der Waals surface area contributed by atoms with Gasteiger partial charge in [0.25, 0.3) is 0 Å². The van der Waals surface area contributed by atoms with Crippen LogP contribution in [-0.2, 0) is 9.53 Å². The van der Waals surface area contributed by atoms with E-state index in [1.165, 1.54) is 30.2 Å². The zero-order valence-corrected chi connectivity index (χ0v) is 20.1. The zero-order chi connectivity index (χ0) is 25.4. The minimum atomic E-state index is -0.794. The second kappa shape index (κ2) is 12.0. The molecule has 2 aromatic carbocycles. The average Bonchev–Trinajstić information content (AvgIpc) is 2.85. The second-order valence-electron chi connectivity index (χ2n) is 8.41. The van der Waals surface area contributed by atoms with Gasteiger partial charge in [-0.05, 0) is 43.5 Å². The number of nitrogens with zero attached hydrogens (tertiary/aromatic N) is 3. The van der Waals surface area contributed by atoms with Crippen molar-refractivity contribution in [3.05, 3.63) is 65.5 Å². The van der Waals surface area contributed by atoms with E-state index in [0.29, 0.717) is 11.7 Å². The molecule has 0 unspecified atom stereocenters. The number of phenols is 1. The summed E-state index contributed by atoms with van der Waals surface area (Å²) in [7, 11) is 1.27. The number of esters is 1. The van der Waals surface area contributed by atoms with Crippen molar-refractivity contribution < 1.29 is 19.0 Å². The van der Waals surface area contributed by atoms with Crippen molar-refractivity contribution in [1.29, 1.82) is 5.41 Å². The summed E-state index contributed by atoms with van der Waals surface area (Å²) in [6.45, 7) is 3.46. The van der Waals surface area contributed by atoms with Gasteiger partial charge in [0.15, 0.2) is 11.6 Å². The van der Waals surface area contributed by atoms with Crippen LogP contribution in [0.2, 0.25) is 0 Å². The van der Waals surface area contributed by atoms with Gasteiger partial charge in [0, 0.05) is 25.2 Å². The van der Waals surface area contributed by atoms with E-state index in [4.69, 9.17) is 20.9 Å². The smallest absolute Gasteiger partial charge is 0.325 e. The lowest BCUT2D eigenvalue weighted by Gasteiger charge is -2.31. The number of hydrogen-bond donors (Lipinski definition) is 3. The fourth-order valence-corrected chi connectivity index (χ4v) is 3.94. The fourth-order valence-electron chi connectivity index (χ4n) is 3.94. The number of halogens is 1. The van der Waals surface area contributed by atoms with E-state index in [2.05, 4.69) is 0 Å². The third-order valence-corrected chi connectivity index (χ3v) is 5.93. The summed E-state index contributed by atoms with van der Waals surface area (Å²) in [5.41, 5.74) is 8.08. The van der Waals surface area contributed by atoms with Gasteiger partial charge >= 0.3 is 5.97 Å². The lowest BCUT2D eigenvalue weighted by atomic mass is 10.0. The maximum atomic E-state index is 14.4. The van der Waals surface area contributed by atoms with Crippen molar-refractivity contribution in [2.45, 2.75) is 25.8 Å². The Morgan fingerprint density at radius 2 is 2.03 bits per heavy atom. The first-order chi connectivity index (χ1) is 16.8. The van der Waals surface area contributed by atoms with Crippen LogP contribution in [0.3, 0.4) is 0 Å². The van der Waals surface area contributed by atoms with Gasteiger partial charge in [0.2, 0.25) is 0 Å². The molecule has 0 amide bonds. The molecule has 1 fully saturated rings. The molecule has 186 valence electrons. The molecular formula is C26H32FN5O3. The lowest BCUT2D eigenvalue weighted by Crippen LogP contribution is -2.38. The molecule has 1 aliphatic rings. The SMILES string of the molecule is COC(=O)CN(C/C=C\c1cccc(C(N)=NC2CCN(C(C)=N)CC2)c1)c1cccc(O)c1F. The molecule has 0 aromatic heterocycles. The standard InChI is InChI=1S/C26H32FN5O3/c1-18(28)31-14-11-21(12-15-31)30-26(29)20-8-3-6-19(16-20)7-5-13-32(17-24(34)35-2)22-9-4-10-23(33)25(22)27/h3-10,16,21,28,33H,11-15,17H2,1-2H3,(H2,29,30)/b7-5-,28-18?. The van der Waals surface area contributed by atoms with Crippen molar-refractivity contribution in [3.8, 4) is 5.75 Å². The Morgan fingerprint density at radius 3 is 2.71 bits per heavy atom. The molecule has 4 N–H and O–H groups in total. The number of methoxy groups -OCH3 is 1. The number of piperidine rings is 1. The third-order valence-electron chi connectivity index (χ3n) is 5.93. The van der Waals surface area contributed by atoms with E-state index in [9.17, 15) is 14.3 Å². The molecule has 2 aromatic rings. The number of ether oxygens (including phenoxy) is 1. The van der Waals surface area contributed by atoms with E-state index in [1.807, 2.05) is 35.2 Å². The van der Waals surface area contributed by atoms with Crippen molar-refractivity contribution in [3.63, 3.8) is 0 Å². The van der Waals surface area contributed by atoms with Gasteiger partial charge in [-0.2, -0.15) is 0 Å². The molecule has 1 aliphatic heterocycles. The van der Waals surface area contributed by atoms with Crippen molar-refractivity contribution in [2.75, 3.05) is 38.2 Å². The van der Waals surface area contributed by atoms with Crippen LogP contribution in [0.1, 0.15) is 30.9 Å². The summed E-state index contributed by atoms with van der Waals surface area (Å²) < 4.78 is 19.2. The first kappa shape index (κ1) is 25.7. The molecule has 3 rings (SSSR count). The molecule has 8 nitrogen and oxygen atoms in total. The summed E-state index contributed by atoms with van der Waals surface area (Å²) in [4.78, 5) is 20.1. The van der Waals surface area contributed by atoms with E-state index in [1.54, 1.807) is 13.0 Å². The van der Waals surface area contributed by atoms with Crippen molar-refractivity contribution >= 4 is 29.4 Å². The molecule has 0 aliphatic carbocycles. The molecule has 0 saturated carbocycles. The highest BCUT2D eigenvalue weighted by Gasteiger charge is 2.19. The highest BCUT2D eigenvalue weighted by Crippen LogP contribution is 2.26. The van der Waals surface area contributed by atoms with Crippen LogP contribution in [0.15, 0.2) is 53.5 Å². The highest BCUT2D eigenvalue weighted by molar-refractivity contribution is 5.98. The van der Waals surface area contributed by atoms with Crippen LogP contribution >= 0.6 is 0 Å². The topological polar surface area (TPSA) is 115 Å². The minimum absolute atomic E-state index is 0.106. The number of aliphatic imine (C=N–C) groups is 1. The van der Waals surface area contributed by atoms with Crippen LogP contribution in [-0.4, -0.2) is 67.0 Å². The molecule has 9 heteroatoms. The normalized spacial score (nSPS) is 14.8. The number of nitrogens with one attached hydrogen (secondary N) is 1. The van der Waals surface area contributed by atoms with Gasteiger partial charge < -0.3 is 25.4 Å². The number of carbonyl (C=O) groups excluding carboxylic acids is 1. The predicted molar refractivity (Wildman–Crippen MR) is 136 cm³/mol. The number of hydrogen-bond acceptors (Lipinski definition) is 6. The molecular weight excluding hydrogens is 449 g/mol. The number of nitrogens with two attached hydrogens (primary N) is 1. The molecule has 0 bridgehead atoms. The van der Waals surface area contributed by atoms with Gasteiger partial charge in [-0.15, -0.1) is 0 Å². The first-order valence-corrected chi connectivity index (χ1v) is 11.5. The Bertz CT molecular complexity index is 1110. The Hall–Kier alpha value is -3.88. The maximum absolute atomic E-state index is 14.4. The van der Waals surface area contributed by atoms with Gasteiger partial charge in [-0.25, -0.2) is 4.39 Å². The monoisotopic (exact) mass is 481 g/mol. The molecule has 1 heterocycles. The number of amidine groups is 2. The lowest BCUT2D eigenvalue weighted by molar-refractivity contribution is -0.138. The van der Waals surface area contributed by atoms with E-state index in [0.717, 1.165) is 37.1 Å². The van der Waals surface area contributed by atoms with Crippen molar-refractivity contribution in [1.82, 2.24) is 4.90 Å². The highest BCUT2D eigenvalue weighted by atomic mass is 19.1. The maximum Gasteiger partial charge on any atom is 0.325 e. The van der Waals surface area contributed by atoms with Gasteiger partial charge in [-0.3, -0.25) is 15.2 Å². The summed E-state index contributed by atoms with van der Waals surface area (Å²) in [6, 6.07) is 12.0. The Kier molecular flexibility index (Phi) is 8.83. The second-order valence-corrected chi connectivity index (χ2v) is 8.41.